The van der Waals surface area contributed by atoms with Gasteiger partial charge in [0.15, 0.2) is 5.82 Å². The summed E-state index contributed by atoms with van der Waals surface area (Å²) in [5.74, 6) is 0.631. The average molecular weight is 406 g/mol. The molecule has 0 bridgehead atoms. The second-order valence-electron chi connectivity index (χ2n) is 7.17. The van der Waals surface area contributed by atoms with E-state index in [1.165, 1.54) is 12.1 Å². The number of rotatable bonds is 3. The molecule has 7 heteroatoms. The molecule has 0 aliphatic carbocycles. The van der Waals surface area contributed by atoms with E-state index in [1.54, 1.807) is 11.1 Å². The molecule has 1 atom stereocenters. The number of nitrogens with zero attached hydrogens (tertiary/aromatic N) is 3. The van der Waals surface area contributed by atoms with Crippen LogP contribution in [0.1, 0.15) is 29.4 Å². The number of nitrogens with one attached hydrogen (secondary N) is 1. The number of fused-ring (bicyclic) bond motifs is 1. The van der Waals surface area contributed by atoms with E-state index in [0.717, 1.165) is 22.8 Å². The van der Waals surface area contributed by atoms with E-state index in [9.17, 15) is 13.2 Å². The van der Waals surface area contributed by atoms with Gasteiger partial charge in [0.25, 0.3) is 0 Å². The summed E-state index contributed by atoms with van der Waals surface area (Å²) in [6.45, 7) is 0. The minimum atomic E-state index is -4.39. The SMILES string of the molecule is FC(F)(F)c1cccc(C2CC(c3nc4ccccc4[nH]3)=NN2c2ccccc2)c1. The second kappa shape index (κ2) is 7.02. The van der Waals surface area contributed by atoms with Crippen LogP contribution in [0.15, 0.2) is 84.0 Å². The molecule has 1 aliphatic rings. The molecule has 1 unspecified atom stereocenters. The predicted molar refractivity (Wildman–Crippen MR) is 110 cm³/mol. The molecule has 4 nitrogen and oxygen atoms in total. The Hall–Kier alpha value is -3.61. The molecule has 0 spiro atoms. The van der Waals surface area contributed by atoms with Crippen molar-refractivity contribution in [1.29, 1.82) is 0 Å². The first kappa shape index (κ1) is 18.4. The molecule has 1 N–H and O–H groups in total. The van der Waals surface area contributed by atoms with Gasteiger partial charge < -0.3 is 4.98 Å². The Bertz CT molecular complexity index is 1190. The zero-order valence-electron chi connectivity index (χ0n) is 15.8. The Morgan fingerprint density at radius 1 is 0.900 bits per heavy atom. The Morgan fingerprint density at radius 2 is 1.67 bits per heavy atom. The lowest BCUT2D eigenvalue weighted by molar-refractivity contribution is -0.137. The highest BCUT2D eigenvalue weighted by Crippen LogP contribution is 2.38. The summed E-state index contributed by atoms with van der Waals surface area (Å²) in [6, 6.07) is 22.2. The average Bonchev–Trinajstić information content (AvgIpc) is 3.38. The van der Waals surface area contributed by atoms with E-state index in [0.29, 0.717) is 23.5 Å². The lowest BCUT2D eigenvalue weighted by atomic mass is 9.99. The number of hydrazone groups is 1. The van der Waals surface area contributed by atoms with Crippen molar-refractivity contribution in [2.24, 2.45) is 5.10 Å². The summed E-state index contributed by atoms with van der Waals surface area (Å²) in [5, 5.41) is 6.52. The molecule has 0 saturated carbocycles. The molecule has 0 amide bonds. The Morgan fingerprint density at radius 3 is 2.43 bits per heavy atom. The minimum absolute atomic E-state index is 0.363. The molecular formula is C23H17F3N4. The maximum Gasteiger partial charge on any atom is 0.416 e. The van der Waals surface area contributed by atoms with E-state index in [1.807, 2.05) is 54.6 Å². The van der Waals surface area contributed by atoms with E-state index in [4.69, 9.17) is 5.10 Å². The van der Waals surface area contributed by atoms with Gasteiger partial charge in [-0.05, 0) is 42.0 Å². The number of benzene rings is 3. The van der Waals surface area contributed by atoms with Crippen LogP contribution < -0.4 is 5.01 Å². The topological polar surface area (TPSA) is 44.3 Å². The quantitative estimate of drug-likeness (QED) is 0.458. The Labute approximate surface area is 170 Å². The van der Waals surface area contributed by atoms with Crippen molar-refractivity contribution in [2.45, 2.75) is 18.6 Å². The fourth-order valence-electron chi connectivity index (χ4n) is 3.74. The maximum absolute atomic E-state index is 13.3. The molecule has 3 aromatic carbocycles. The van der Waals surface area contributed by atoms with Gasteiger partial charge in [0.1, 0.15) is 5.71 Å². The van der Waals surface area contributed by atoms with Crippen LogP contribution in [0.2, 0.25) is 0 Å². The van der Waals surface area contributed by atoms with Gasteiger partial charge in [-0.1, -0.05) is 42.5 Å². The molecule has 150 valence electrons. The maximum atomic E-state index is 13.3. The third kappa shape index (κ3) is 3.32. The number of hydrogen-bond acceptors (Lipinski definition) is 3. The van der Waals surface area contributed by atoms with Crippen molar-refractivity contribution >= 4 is 22.4 Å². The van der Waals surface area contributed by atoms with Gasteiger partial charge in [0.2, 0.25) is 0 Å². The van der Waals surface area contributed by atoms with E-state index in [2.05, 4.69) is 9.97 Å². The number of imidazole rings is 1. The molecule has 5 rings (SSSR count). The van der Waals surface area contributed by atoms with Crippen LogP contribution in [0.4, 0.5) is 18.9 Å². The molecule has 1 aliphatic heterocycles. The zero-order valence-corrected chi connectivity index (χ0v) is 15.8. The van der Waals surface area contributed by atoms with Crippen molar-refractivity contribution in [2.75, 3.05) is 5.01 Å². The normalized spacial score (nSPS) is 16.8. The van der Waals surface area contributed by atoms with Crippen LogP contribution in [-0.2, 0) is 6.18 Å². The summed E-state index contributed by atoms with van der Waals surface area (Å²) >= 11 is 0. The third-order valence-corrected chi connectivity index (χ3v) is 5.19. The van der Waals surface area contributed by atoms with E-state index < -0.39 is 11.7 Å². The lowest BCUT2D eigenvalue weighted by Crippen LogP contribution is -2.19. The van der Waals surface area contributed by atoms with Gasteiger partial charge in [-0.3, -0.25) is 5.01 Å². The summed E-state index contributed by atoms with van der Waals surface area (Å²) < 4.78 is 39.8. The molecular weight excluding hydrogens is 389 g/mol. The molecule has 0 saturated heterocycles. The lowest BCUT2D eigenvalue weighted by Gasteiger charge is -2.24. The van der Waals surface area contributed by atoms with Crippen LogP contribution in [0.25, 0.3) is 11.0 Å². The van der Waals surface area contributed by atoms with E-state index in [-0.39, 0.29) is 6.04 Å². The molecule has 0 fully saturated rings. The highest BCUT2D eigenvalue weighted by atomic mass is 19.4. The van der Waals surface area contributed by atoms with Crippen LogP contribution in [0.3, 0.4) is 0 Å². The van der Waals surface area contributed by atoms with Crippen LogP contribution in [0.5, 0.6) is 0 Å². The van der Waals surface area contributed by atoms with Crippen LogP contribution >= 0.6 is 0 Å². The van der Waals surface area contributed by atoms with Crippen LogP contribution in [-0.4, -0.2) is 15.7 Å². The standard InChI is InChI=1S/C23H17F3N4/c24-23(25,26)16-8-6-7-15(13-16)21-14-20(29-30(21)17-9-2-1-3-10-17)22-27-18-11-4-5-12-19(18)28-22/h1-13,21H,14H2,(H,27,28). The van der Waals surface area contributed by atoms with Crippen molar-refractivity contribution in [3.63, 3.8) is 0 Å². The first-order chi connectivity index (χ1) is 14.5. The Balaban J connectivity index is 1.57. The number of anilines is 1. The summed E-state index contributed by atoms with van der Waals surface area (Å²) in [4.78, 5) is 7.88. The number of para-hydroxylation sites is 3. The predicted octanol–water partition coefficient (Wildman–Crippen LogP) is 5.94. The highest BCUT2D eigenvalue weighted by molar-refractivity contribution is 6.02. The smallest absolute Gasteiger partial charge is 0.337 e. The number of halogens is 3. The molecule has 2 heterocycles. The molecule has 4 aromatic rings. The molecule has 0 radical (unpaired) electrons. The number of hydrogen-bond donors (Lipinski definition) is 1. The second-order valence-corrected chi connectivity index (χ2v) is 7.17. The van der Waals surface area contributed by atoms with Gasteiger partial charge >= 0.3 is 6.18 Å². The first-order valence-corrected chi connectivity index (χ1v) is 9.53. The number of aromatic amines is 1. The highest BCUT2D eigenvalue weighted by Gasteiger charge is 2.34. The summed E-state index contributed by atoms with van der Waals surface area (Å²) in [5.41, 5.74) is 3.13. The third-order valence-electron chi connectivity index (χ3n) is 5.19. The number of H-pyrrole nitrogens is 1. The minimum Gasteiger partial charge on any atom is -0.337 e. The van der Waals surface area contributed by atoms with E-state index >= 15 is 0 Å². The molecule has 30 heavy (non-hydrogen) atoms. The fraction of sp³-hybridized carbons (Fsp3) is 0.130. The van der Waals surface area contributed by atoms with Gasteiger partial charge in [-0.15, -0.1) is 0 Å². The summed E-state index contributed by atoms with van der Waals surface area (Å²) in [6.07, 6.45) is -3.95. The van der Waals surface area contributed by atoms with Gasteiger partial charge in [0, 0.05) is 6.42 Å². The summed E-state index contributed by atoms with van der Waals surface area (Å²) in [7, 11) is 0. The van der Waals surface area contributed by atoms with Gasteiger partial charge in [-0.2, -0.15) is 18.3 Å². The number of alkyl halides is 3. The fourth-order valence-corrected chi connectivity index (χ4v) is 3.74. The van der Waals surface area contributed by atoms with Gasteiger partial charge in [0.05, 0.1) is 28.3 Å². The van der Waals surface area contributed by atoms with Crippen LogP contribution in [0, 0.1) is 0 Å². The Kier molecular flexibility index (Phi) is 4.31. The zero-order chi connectivity index (χ0) is 20.7. The van der Waals surface area contributed by atoms with Crippen molar-refractivity contribution in [3.05, 3.63) is 95.8 Å². The van der Waals surface area contributed by atoms with Crippen molar-refractivity contribution in [3.8, 4) is 0 Å². The number of aromatic nitrogens is 2. The first-order valence-electron chi connectivity index (χ1n) is 9.53. The van der Waals surface area contributed by atoms with Crippen molar-refractivity contribution < 1.29 is 13.2 Å². The van der Waals surface area contributed by atoms with Crippen molar-refractivity contribution in [1.82, 2.24) is 9.97 Å². The molecule has 1 aromatic heterocycles. The van der Waals surface area contributed by atoms with Gasteiger partial charge in [-0.25, -0.2) is 4.98 Å². The monoisotopic (exact) mass is 406 g/mol. The largest absolute Gasteiger partial charge is 0.416 e.